The molecule has 0 bridgehead atoms. The highest BCUT2D eigenvalue weighted by atomic mass is 32.2. The normalized spacial score (nSPS) is 15.4. The Kier molecular flexibility index (Phi) is 5.97. The van der Waals surface area contributed by atoms with Crippen molar-refractivity contribution >= 4 is 15.7 Å². The molecule has 0 N–H and O–H groups in total. The lowest BCUT2D eigenvalue weighted by Crippen LogP contribution is -2.40. The van der Waals surface area contributed by atoms with Crippen molar-refractivity contribution in [2.45, 2.75) is 25.3 Å². The van der Waals surface area contributed by atoms with Crippen LogP contribution in [0.5, 0.6) is 5.75 Å². The van der Waals surface area contributed by atoms with E-state index >= 15 is 0 Å². The van der Waals surface area contributed by atoms with Gasteiger partial charge in [-0.05, 0) is 31.5 Å². The molecule has 0 unspecified atom stereocenters. The number of nitrogens with zero attached hydrogens (tertiary/aromatic N) is 2. The first-order valence-corrected chi connectivity index (χ1v) is 10.3. The summed E-state index contributed by atoms with van der Waals surface area (Å²) in [6.45, 7) is 5.13. The lowest BCUT2D eigenvalue weighted by atomic mass is 10.1. The lowest BCUT2D eigenvalue weighted by Gasteiger charge is -2.26. The highest BCUT2D eigenvalue weighted by Gasteiger charge is 2.29. The quantitative estimate of drug-likeness (QED) is 0.540. The van der Waals surface area contributed by atoms with Crippen molar-refractivity contribution in [3.8, 4) is 5.75 Å². The van der Waals surface area contributed by atoms with Crippen LogP contribution >= 0.6 is 0 Å². The van der Waals surface area contributed by atoms with E-state index in [0.717, 1.165) is 22.8 Å². The summed E-state index contributed by atoms with van der Waals surface area (Å²) in [5.74, 6) is 0.0325. The van der Waals surface area contributed by atoms with Gasteiger partial charge in [-0.25, -0.2) is 8.42 Å². The number of hydrogen-bond acceptors (Lipinski definition) is 6. The van der Waals surface area contributed by atoms with Crippen LogP contribution < -0.4 is 4.74 Å². The molecule has 0 spiro atoms. The minimum absolute atomic E-state index is 0.0325. The van der Waals surface area contributed by atoms with E-state index in [1.807, 2.05) is 32.0 Å². The van der Waals surface area contributed by atoms with E-state index in [4.69, 9.17) is 9.47 Å². The van der Waals surface area contributed by atoms with Gasteiger partial charge in [0, 0.05) is 19.2 Å². The third kappa shape index (κ3) is 4.49. The molecule has 0 aromatic heterocycles. The maximum absolute atomic E-state index is 12.7. The largest absolute Gasteiger partial charge is 0.482 e. The Balaban J connectivity index is 1.86. The first-order valence-electron chi connectivity index (χ1n) is 8.84. The molecule has 1 heterocycles. The van der Waals surface area contributed by atoms with Gasteiger partial charge in [-0.15, -0.1) is 0 Å². The van der Waals surface area contributed by atoms with Crippen LogP contribution in [0.3, 0.4) is 0 Å². The Hall–Kier alpha value is -2.49. The summed E-state index contributed by atoms with van der Waals surface area (Å²) in [5.41, 5.74) is 2.65. The van der Waals surface area contributed by atoms with Crippen LogP contribution in [0.25, 0.3) is 0 Å². The number of benzene rings is 2. The Morgan fingerprint density at radius 2 is 1.75 bits per heavy atom. The molecule has 3 rings (SSSR count). The van der Waals surface area contributed by atoms with Crippen LogP contribution in [-0.4, -0.2) is 43.9 Å². The Morgan fingerprint density at radius 3 is 2.36 bits per heavy atom. The number of morpholine rings is 1. The number of aryl methyl sites for hydroxylation is 2. The first-order chi connectivity index (χ1) is 13.3. The van der Waals surface area contributed by atoms with Crippen molar-refractivity contribution in [1.29, 1.82) is 0 Å². The molecular formula is C19H22N2O6S. The molecule has 8 nitrogen and oxygen atoms in total. The van der Waals surface area contributed by atoms with Gasteiger partial charge in [-0.2, -0.15) is 4.31 Å². The molecule has 1 saturated heterocycles. The molecule has 150 valence electrons. The summed E-state index contributed by atoms with van der Waals surface area (Å²) in [7, 11) is -3.82. The van der Waals surface area contributed by atoms with Crippen molar-refractivity contribution < 1.29 is 22.8 Å². The fourth-order valence-electron chi connectivity index (χ4n) is 3.17. The van der Waals surface area contributed by atoms with Crippen molar-refractivity contribution in [1.82, 2.24) is 4.31 Å². The van der Waals surface area contributed by atoms with Crippen LogP contribution in [0.2, 0.25) is 0 Å². The topological polar surface area (TPSA) is 99.0 Å². The number of rotatable bonds is 6. The molecule has 2 aromatic carbocycles. The summed E-state index contributed by atoms with van der Waals surface area (Å²) in [6, 6.07) is 9.65. The predicted octanol–water partition coefficient (Wildman–Crippen LogP) is 2.81. The fourth-order valence-corrected chi connectivity index (χ4v) is 4.60. The van der Waals surface area contributed by atoms with E-state index in [-0.39, 0.29) is 36.0 Å². The third-order valence-electron chi connectivity index (χ3n) is 4.41. The molecule has 0 aliphatic carbocycles. The van der Waals surface area contributed by atoms with Crippen LogP contribution in [0, 0.1) is 24.0 Å². The summed E-state index contributed by atoms with van der Waals surface area (Å²) in [5, 5.41) is 11.5. The summed E-state index contributed by atoms with van der Waals surface area (Å²) in [4.78, 5) is 10.7. The molecular weight excluding hydrogens is 384 g/mol. The van der Waals surface area contributed by atoms with E-state index in [2.05, 4.69) is 0 Å². The van der Waals surface area contributed by atoms with Gasteiger partial charge in [-0.3, -0.25) is 10.1 Å². The number of sulfonamides is 1. The molecule has 2 aromatic rings. The number of nitro groups is 1. The lowest BCUT2D eigenvalue weighted by molar-refractivity contribution is -0.386. The van der Waals surface area contributed by atoms with Crippen LogP contribution in [0.1, 0.15) is 16.7 Å². The molecule has 0 radical (unpaired) electrons. The summed E-state index contributed by atoms with van der Waals surface area (Å²) in [6.07, 6.45) is 0. The van der Waals surface area contributed by atoms with Crippen molar-refractivity contribution in [2.75, 3.05) is 26.3 Å². The van der Waals surface area contributed by atoms with E-state index in [1.165, 1.54) is 16.4 Å². The molecule has 0 atom stereocenters. The molecule has 1 fully saturated rings. The van der Waals surface area contributed by atoms with Gasteiger partial charge in [0.25, 0.3) is 0 Å². The van der Waals surface area contributed by atoms with Gasteiger partial charge in [-0.1, -0.05) is 29.3 Å². The molecule has 1 aliphatic heterocycles. The Bertz CT molecular complexity index is 964. The molecule has 0 saturated carbocycles. The highest BCUT2D eigenvalue weighted by molar-refractivity contribution is 7.89. The average molecular weight is 406 g/mol. The molecule has 28 heavy (non-hydrogen) atoms. The van der Waals surface area contributed by atoms with Gasteiger partial charge in [0.1, 0.15) is 6.61 Å². The Morgan fingerprint density at radius 1 is 1.11 bits per heavy atom. The van der Waals surface area contributed by atoms with Crippen molar-refractivity contribution in [3.05, 3.63) is 63.2 Å². The second-order valence-electron chi connectivity index (χ2n) is 6.69. The van der Waals surface area contributed by atoms with E-state index in [1.54, 1.807) is 0 Å². The Labute approximate surface area is 163 Å². The zero-order valence-electron chi connectivity index (χ0n) is 15.8. The fraction of sp³-hybridized carbons (Fsp3) is 0.368. The van der Waals surface area contributed by atoms with Crippen LogP contribution in [-0.2, 0) is 21.4 Å². The van der Waals surface area contributed by atoms with Gasteiger partial charge < -0.3 is 9.47 Å². The molecule has 0 amide bonds. The maximum atomic E-state index is 12.7. The molecule has 1 aliphatic rings. The highest BCUT2D eigenvalue weighted by Crippen LogP contribution is 2.31. The zero-order chi connectivity index (χ0) is 20.3. The smallest absolute Gasteiger partial charge is 0.312 e. The number of nitro benzene ring substituents is 1. The van der Waals surface area contributed by atoms with E-state index in [9.17, 15) is 18.5 Å². The van der Waals surface area contributed by atoms with Crippen molar-refractivity contribution in [2.24, 2.45) is 0 Å². The van der Waals surface area contributed by atoms with E-state index in [0.29, 0.717) is 13.2 Å². The second-order valence-corrected chi connectivity index (χ2v) is 8.63. The maximum Gasteiger partial charge on any atom is 0.312 e. The van der Waals surface area contributed by atoms with Gasteiger partial charge >= 0.3 is 5.69 Å². The van der Waals surface area contributed by atoms with Gasteiger partial charge in [0.05, 0.1) is 23.0 Å². The molecule has 9 heteroatoms. The average Bonchev–Trinajstić information content (AvgIpc) is 2.66. The predicted molar refractivity (Wildman–Crippen MR) is 103 cm³/mol. The van der Waals surface area contributed by atoms with Crippen LogP contribution in [0.15, 0.2) is 41.3 Å². The van der Waals surface area contributed by atoms with Gasteiger partial charge in [0.15, 0.2) is 5.75 Å². The monoisotopic (exact) mass is 406 g/mol. The van der Waals surface area contributed by atoms with E-state index < -0.39 is 14.9 Å². The minimum Gasteiger partial charge on any atom is -0.482 e. The second kappa shape index (κ2) is 8.26. The van der Waals surface area contributed by atoms with Crippen molar-refractivity contribution in [3.63, 3.8) is 0 Å². The van der Waals surface area contributed by atoms with Gasteiger partial charge in [0.2, 0.25) is 10.0 Å². The summed E-state index contributed by atoms with van der Waals surface area (Å²) < 4.78 is 37.5. The number of hydrogen-bond donors (Lipinski definition) is 0. The first kappa shape index (κ1) is 20.2. The third-order valence-corrected chi connectivity index (χ3v) is 6.31. The standard InChI is InChI=1S/C19H22N2O6S/c1-14-9-15(2)11-16(10-14)13-27-19-4-3-17(12-18(19)21(22)23)28(24,25)20-5-7-26-8-6-20/h3-4,9-12H,5-8,13H2,1-2H3. The zero-order valence-corrected chi connectivity index (χ0v) is 16.6. The summed E-state index contributed by atoms with van der Waals surface area (Å²) >= 11 is 0. The minimum atomic E-state index is -3.82. The number of ether oxygens (including phenoxy) is 2. The SMILES string of the molecule is Cc1cc(C)cc(COc2ccc(S(=O)(=O)N3CCOCC3)cc2[N+](=O)[O-])c1. The van der Waals surface area contributed by atoms with Crippen LogP contribution in [0.4, 0.5) is 5.69 Å².